The van der Waals surface area contributed by atoms with E-state index in [2.05, 4.69) is 15.2 Å². The lowest BCUT2D eigenvalue weighted by Crippen LogP contribution is -2.26. The summed E-state index contributed by atoms with van der Waals surface area (Å²) in [6.07, 6.45) is 0. The van der Waals surface area contributed by atoms with Crippen molar-refractivity contribution < 1.29 is 0 Å². The van der Waals surface area contributed by atoms with Crippen LogP contribution in [0.25, 0.3) is 11.0 Å². The molecule has 0 N–H and O–H groups in total. The Morgan fingerprint density at radius 1 is 1.38 bits per heavy atom. The molecule has 1 aliphatic rings. The number of rotatable bonds is 2. The summed E-state index contributed by atoms with van der Waals surface area (Å²) in [6.45, 7) is 1.70. The summed E-state index contributed by atoms with van der Waals surface area (Å²) in [5, 5.41) is 8.27. The molecule has 82 valence electrons. The lowest BCUT2D eigenvalue weighted by atomic mass is 10.3. The molecular weight excluding hydrogens is 240 g/mol. The van der Waals surface area contributed by atoms with Crippen LogP contribution in [0.5, 0.6) is 0 Å². The molecule has 0 saturated carbocycles. The van der Waals surface area contributed by atoms with E-state index < -0.39 is 0 Å². The molecule has 1 saturated heterocycles. The summed E-state index contributed by atoms with van der Waals surface area (Å²) >= 11 is 6.99. The van der Waals surface area contributed by atoms with Crippen molar-refractivity contribution in [2.75, 3.05) is 12.3 Å². The second-order valence-electron chi connectivity index (χ2n) is 3.60. The molecule has 0 aliphatic carbocycles. The van der Waals surface area contributed by atoms with E-state index >= 15 is 0 Å². The van der Waals surface area contributed by atoms with Gasteiger partial charge in [-0.2, -0.15) is 0 Å². The van der Waals surface area contributed by atoms with Crippen LogP contribution in [-0.2, 0) is 6.67 Å². The highest BCUT2D eigenvalue weighted by Gasteiger charge is 2.18. The first-order chi connectivity index (χ1) is 7.84. The molecule has 1 aromatic heterocycles. The van der Waals surface area contributed by atoms with Crippen LogP contribution in [0.1, 0.15) is 0 Å². The van der Waals surface area contributed by atoms with Gasteiger partial charge in [-0.05, 0) is 12.1 Å². The summed E-state index contributed by atoms with van der Waals surface area (Å²) in [6, 6.07) is 7.97. The maximum atomic E-state index is 5.26. The molecular formula is C10H10N4S2. The molecule has 6 heteroatoms. The van der Waals surface area contributed by atoms with Crippen molar-refractivity contribution in [2.24, 2.45) is 0 Å². The van der Waals surface area contributed by atoms with E-state index in [0.29, 0.717) is 6.67 Å². The Balaban J connectivity index is 1.92. The first-order valence-electron chi connectivity index (χ1n) is 5.04. The third kappa shape index (κ3) is 1.68. The van der Waals surface area contributed by atoms with Crippen LogP contribution < -0.4 is 0 Å². The van der Waals surface area contributed by atoms with Gasteiger partial charge in [0.25, 0.3) is 0 Å². The van der Waals surface area contributed by atoms with Crippen LogP contribution in [-0.4, -0.2) is 36.5 Å². The fourth-order valence-corrected chi connectivity index (χ4v) is 2.95. The fraction of sp³-hybridized carbons (Fsp3) is 0.300. The summed E-state index contributed by atoms with van der Waals surface area (Å²) < 4.78 is 2.85. The number of hydrogen-bond donors (Lipinski definition) is 0. The molecule has 2 heterocycles. The SMILES string of the molecule is S=C1SCCN1Cn1nnc2ccccc21. The van der Waals surface area contributed by atoms with Crippen molar-refractivity contribution in [2.45, 2.75) is 6.67 Å². The standard InChI is InChI=1S/C10H10N4S2/c15-10-13(5-6-16-10)7-14-9-4-2-1-3-8(9)11-12-14/h1-4H,5-7H2. The average molecular weight is 250 g/mol. The number of thioether (sulfide) groups is 1. The molecule has 2 aromatic rings. The summed E-state index contributed by atoms with van der Waals surface area (Å²) in [5.41, 5.74) is 1.99. The first-order valence-corrected chi connectivity index (χ1v) is 6.44. The van der Waals surface area contributed by atoms with Crippen molar-refractivity contribution in [1.29, 1.82) is 0 Å². The van der Waals surface area contributed by atoms with Gasteiger partial charge in [0.2, 0.25) is 0 Å². The quantitative estimate of drug-likeness (QED) is 0.758. The van der Waals surface area contributed by atoms with E-state index in [4.69, 9.17) is 12.2 Å². The topological polar surface area (TPSA) is 34.0 Å². The lowest BCUT2D eigenvalue weighted by molar-refractivity contribution is 0.356. The Bertz CT molecular complexity index is 536. The monoisotopic (exact) mass is 250 g/mol. The van der Waals surface area contributed by atoms with Gasteiger partial charge in [0.15, 0.2) is 0 Å². The Kier molecular flexibility index (Phi) is 2.53. The zero-order chi connectivity index (χ0) is 11.0. The van der Waals surface area contributed by atoms with E-state index in [1.807, 2.05) is 28.9 Å². The van der Waals surface area contributed by atoms with E-state index in [1.165, 1.54) is 0 Å². The summed E-state index contributed by atoms with van der Waals surface area (Å²) in [7, 11) is 0. The van der Waals surface area contributed by atoms with Crippen molar-refractivity contribution in [3.05, 3.63) is 24.3 Å². The van der Waals surface area contributed by atoms with E-state index in [1.54, 1.807) is 11.8 Å². The number of aromatic nitrogens is 3. The number of para-hydroxylation sites is 1. The molecule has 1 aliphatic heterocycles. The van der Waals surface area contributed by atoms with Crippen LogP contribution in [0.3, 0.4) is 0 Å². The van der Waals surface area contributed by atoms with Crippen molar-refractivity contribution in [3.63, 3.8) is 0 Å². The predicted molar refractivity (Wildman–Crippen MR) is 69.3 cm³/mol. The molecule has 0 radical (unpaired) electrons. The van der Waals surface area contributed by atoms with E-state index in [0.717, 1.165) is 27.7 Å². The number of nitrogens with zero attached hydrogens (tertiary/aromatic N) is 4. The van der Waals surface area contributed by atoms with Crippen molar-refractivity contribution in [3.8, 4) is 0 Å². The van der Waals surface area contributed by atoms with Gasteiger partial charge in [-0.3, -0.25) is 0 Å². The summed E-state index contributed by atoms with van der Waals surface area (Å²) in [4.78, 5) is 2.15. The van der Waals surface area contributed by atoms with Crippen LogP contribution in [0, 0.1) is 0 Å². The second kappa shape index (κ2) is 4.03. The van der Waals surface area contributed by atoms with Gasteiger partial charge in [0.1, 0.15) is 16.5 Å². The van der Waals surface area contributed by atoms with Gasteiger partial charge in [-0.25, -0.2) is 4.68 Å². The van der Waals surface area contributed by atoms with Gasteiger partial charge in [0.05, 0.1) is 5.52 Å². The molecule has 0 amide bonds. The van der Waals surface area contributed by atoms with E-state index in [-0.39, 0.29) is 0 Å². The number of thiocarbonyl (C=S) groups is 1. The molecule has 1 aromatic carbocycles. The van der Waals surface area contributed by atoms with Gasteiger partial charge >= 0.3 is 0 Å². The smallest absolute Gasteiger partial charge is 0.137 e. The second-order valence-corrected chi connectivity index (χ2v) is 5.33. The molecule has 0 spiro atoms. The van der Waals surface area contributed by atoms with Gasteiger partial charge in [-0.1, -0.05) is 41.3 Å². The Hall–Kier alpha value is -1.14. The molecule has 0 bridgehead atoms. The first kappa shape index (κ1) is 10.0. The predicted octanol–water partition coefficient (Wildman–Crippen LogP) is 1.72. The number of benzene rings is 1. The molecule has 1 fully saturated rings. The van der Waals surface area contributed by atoms with Crippen molar-refractivity contribution >= 4 is 39.3 Å². The molecule has 16 heavy (non-hydrogen) atoms. The van der Waals surface area contributed by atoms with Crippen LogP contribution in [0.4, 0.5) is 0 Å². The molecule has 4 nitrogen and oxygen atoms in total. The largest absolute Gasteiger partial charge is 0.337 e. The maximum Gasteiger partial charge on any atom is 0.137 e. The molecule has 3 rings (SSSR count). The number of hydrogen-bond acceptors (Lipinski definition) is 4. The number of fused-ring (bicyclic) bond motifs is 1. The Morgan fingerprint density at radius 2 is 2.25 bits per heavy atom. The minimum Gasteiger partial charge on any atom is -0.337 e. The third-order valence-corrected chi connectivity index (χ3v) is 4.07. The average Bonchev–Trinajstić information content (AvgIpc) is 2.88. The normalized spacial score (nSPS) is 16.2. The van der Waals surface area contributed by atoms with Gasteiger partial charge < -0.3 is 4.90 Å². The van der Waals surface area contributed by atoms with Crippen LogP contribution >= 0.6 is 24.0 Å². The minimum atomic E-state index is 0.701. The molecule has 0 unspecified atom stereocenters. The minimum absolute atomic E-state index is 0.701. The zero-order valence-electron chi connectivity index (χ0n) is 8.54. The summed E-state index contributed by atoms with van der Waals surface area (Å²) in [5.74, 6) is 1.07. The molecule has 0 atom stereocenters. The maximum absolute atomic E-state index is 5.26. The van der Waals surface area contributed by atoms with Gasteiger partial charge in [0, 0.05) is 12.3 Å². The fourth-order valence-electron chi connectivity index (χ4n) is 1.74. The van der Waals surface area contributed by atoms with Crippen LogP contribution in [0.2, 0.25) is 0 Å². The third-order valence-electron chi connectivity index (χ3n) is 2.57. The zero-order valence-corrected chi connectivity index (χ0v) is 10.2. The highest BCUT2D eigenvalue weighted by molar-refractivity contribution is 8.23. The Labute approximate surface area is 103 Å². The van der Waals surface area contributed by atoms with Gasteiger partial charge in [-0.15, -0.1) is 5.10 Å². The van der Waals surface area contributed by atoms with Crippen molar-refractivity contribution in [1.82, 2.24) is 19.9 Å². The van der Waals surface area contributed by atoms with E-state index in [9.17, 15) is 0 Å². The Morgan fingerprint density at radius 3 is 3.06 bits per heavy atom. The highest BCUT2D eigenvalue weighted by atomic mass is 32.2. The lowest BCUT2D eigenvalue weighted by Gasteiger charge is -2.16. The van der Waals surface area contributed by atoms with Crippen LogP contribution in [0.15, 0.2) is 24.3 Å². The highest BCUT2D eigenvalue weighted by Crippen LogP contribution is 2.19.